The fourth-order valence-electron chi connectivity index (χ4n) is 1.73. The summed E-state index contributed by atoms with van der Waals surface area (Å²) in [5.41, 5.74) is 2.47. The molecule has 0 atom stereocenters. The van der Waals surface area contributed by atoms with Crippen LogP contribution in [0, 0.1) is 0 Å². The molecule has 0 unspecified atom stereocenters. The Bertz CT molecular complexity index is 540. The quantitative estimate of drug-likeness (QED) is 0.504. The minimum Gasteiger partial charge on any atom is -0.490 e. The lowest BCUT2D eigenvalue weighted by molar-refractivity contribution is 0.414. The van der Waals surface area contributed by atoms with E-state index in [1.165, 1.54) is 6.33 Å². The van der Waals surface area contributed by atoms with E-state index < -0.39 is 0 Å². The summed E-state index contributed by atoms with van der Waals surface area (Å²) in [6, 6.07) is 0. The summed E-state index contributed by atoms with van der Waals surface area (Å²) in [4.78, 5) is 12.4. The van der Waals surface area contributed by atoms with Crippen LogP contribution in [0.5, 0.6) is 5.75 Å². The number of imidazole rings is 1. The van der Waals surface area contributed by atoms with Crippen LogP contribution in [0.3, 0.4) is 0 Å². The number of nitrogens with two attached hydrogens (primary N) is 1. The van der Waals surface area contributed by atoms with Gasteiger partial charge in [0.05, 0.1) is 7.11 Å². The third-order valence-corrected chi connectivity index (χ3v) is 2.71. The lowest BCUT2D eigenvalue weighted by Gasteiger charge is -2.12. The summed E-state index contributed by atoms with van der Waals surface area (Å²) in [5, 5.41) is 3.18. The summed E-state index contributed by atoms with van der Waals surface area (Å²) < 4.78 is 7.21. The van der Waals surface area contributed by atoms with Gasteiger partial charge in [-0.1, -0.05) is 0 Å². The lowest BCUT2D eigenvalue weighted by atomic mass is 10.4. The number of nitrogen functional groups attached to an aromatic ring is 1. The lowest BCUT2D eigenvalue weighted by Crippen LogP contribution is -2.14. The molecule has 8 heteroatoms. The molecule has 19 heavy (non-hydrogen) atoms. The molecule has 0 saturated carbocycles. The predicted molar refractivity (Wildman–Crippen MR) is 71.8 cm³/mol. The smallest absolute Gasteiger partial charge is 0.205 e. The van der Waals surface area contributed by atoms with Crippen molar-refractivity contribution in [3.05, 3.63) is 24.5 Å². The van der Waals surface area contributed by atoms with Crippen molar-refractivity contribution >= 4 is 11.6 Å². The number of ether oxygens (including phenoxy) is 1. The number of methoxy groups -OCH3 is 1. The highest BCUT2D eigenvalue weighted by molar-refractivity contribution is 5.62. The molecule has 102 valence electrons. The molecule has 2 heterocycles. The Labute approximate surface area is 111 Å². The van der Waals surface area contributed by atoms with Crippen LogP contribution in [0.4, 0.5) is 11.6 Å². The van der Waals surface area contributed by atoms with Gasteiger partial charge in [0.1, 0.15) is 12.2 Å². The molecule has 0 bridgehead atoms. The van der Waals surface area contributed by atoms with E-state index in [1.54, 1.807) is 13.3 Å². The highest BCUT2D eigenvalue weighted by Gasteiger charge is 2.10. The SMILES string of the molecule is COc1c(NN)ncnc1NCCc1nccn1C. The maximum atomic E-state index is 5.36. The van der Waals surface area contributed by atoms with Crippen LogP contribution in [0.15, 0.2) is 18.7 Å². The average Bonchev–Trinajstić information content (AvgIpc) is 2.84. The zero-order valence-corrected chi connectivity index (χ0v) is 10.9. The van der Waals surface area contributed by atoms with Crippen molar-refractivity contribution in [3.63, 3.8) is 0 Å². The van der Waals surface area contributed by atoms with Crippen molar-refractivity contribution in [1.29, 1.82) is 0 Å². The van der Waals surface area contributed by atoms with Crippen LogP contribution >= 0.6 is 0 Å². The van der Waals surface area contributed by atoms with Crippen molar-refractivity contribution in [2.75, 3.05) is 24.4 Å². The molecule has 2 aromatic heterocycles. The number of rotatable bonds is 6. The van der Waals surface area contributed by atoms with Gasteiger partial charge >= 0.3 is 0 Å². The van der Waals surface area contributed by atoms with E-state index in [1.807, 2.05) is 17.8 Å². The molecule has 0 aliphatic carbocycles. The second-order valence-corrected chi connectivity index (χ2v) is 3.88. The van der Waals surface area contributed by atoms with Crippen LogP contribution < -0.4 is 21.3 Å². The van der Waals surface area contributed by atoms with E-state index in [-0.39, 0.29) is 0 Å². The Morgan fingerprint density at radius 3 is 2.74 bits per heavy atom. The highest BCUT2D eigenvalue weighted by Crippen LogP contribution is 2.27. The summed E-state index contributed by atoms with van der Waals surface area (Å²) in [6.07, 6.45) is 5.89. The largest absolute Gasteiger partial charge is 0.490 e. The first-order valence-corrected chi connectivity index (χ1v) is 5.82. The third-order valence-electron chi connectivity index (χ3n) is 2.71. The summed E-state index contributed by atoms with van der Waals surface area (Å²) >= 11 is 0. The molecule has 4 N–H and O–H groups in total. The molecule has 0 saturated heterocycles. The molecule has 2 rings (SSSR count). The van der Waals surface area contributed by atoms with Crippen molar-refractivity contribution in [3.8, 4) is 5.75 Å². The van der Waals surface area contributed by atoms with Gasteiger partial charge in [-0.05, 0) is 0 Å². The maximum absolute atomic E-state index is 5.36. The molecular weight excluding hydrogens is 246 g/mol. The summed E-state index contributed by atoms with van der Waals surface area (Å²) in [6.45, 7) is 0.683. The monoisotopic (exact) mass is 263 g/mol. The molecule has 0 spiro atoms. The van der Waals surface area contributed by atoms with E-state index >= 15 is 0 Å². The third kappa shape index (κ3) is 2.91. The maximum Gasteiger partial charge on any atom is 0.205 e. The zero-order chi connectivity index (χ0) is 13.7. The minimum absolute atomic E-state index is 0.442. The summed E-state index contributed by atoms with van der Waals surface area (Å²) in [5.74, 6) is 7.89. The molecule has 0 aliphatic heterocycles. The Kier molecular flexibility index (Phi) is 4.14. The van der Waals surface area contributed by atoms with Gasteiger partial charge in [0.2, 0.25) is 5.75 Å². The van der Waals surface area contributed by atoms with Crippen LogP contribution in [-0.2, 0) is 13.5 Å². The van der Waals surface area contributed by atoms with E-state index in [4.69, 9.17) is 10.6 Å². The number of hydrogen-bond acceptors (Lipinski definition) is 7. The fraction of sp³-hybridized carbons (Fsp3) is 0.364. The van der Waals surface area contributed by atoms with E-state index in [9.17, 15) is 0 Å². The van der Waals surface area contributed by atoms with Gasteiger partial charge in [-0.15, -0.1) is 0 Å². The molecule has 8 nitrogen and oxygen atoms in total. The number of aromatic nitrogens is 4. The Morgan fingerprint density at radius 2 is 2.11 bits per heavy atom. The number of hydrazine groups is 1. The van der Waals surface area contributed by atoms with Crippen LogP contribution in [0.2, 0.25) is 0 Å². The van der Waals surface area contributed by atoms with Crippen molar-refractivity contribution in [2.24, 2.45) is 12.9 Å². The molecule has 0 radical (unpaired) electrons. The van der Waals surface area contributed by atoms with Gasteiger partial charge in [-0.3, -0.25) is 0 Å². The van der Waals surface area contributed by atoms with Gasteiger partial charge in [0, 0.05) is 32.4 Å². The Balaban J connectivity index is 2.01. The number of hydrogen-bond donors (Lipinski definition) is 3. The van der Waals surface area contributed by atoms with Gasteiger partial charge in [-0.25, -0.2) is 20.8 Å². The Morgan fingerprint density at radius 1 is 1.32 bits per heavy atom. The second kappa shape index (κ2) is 6.01. The predicted octanol–water partition coefficient (Wildman–Crippen LogP) is 0.159. The standard InChI is InChI=1S/C11H17N7O/c1-18-6-5-13-8(18)3-4-14-10-9(19-2)11(17-12)16-7-15-10/h5-7H,3-4,12H2,1-2H3,(H2,14,15,16,17). The molecule has 0 aliphatic rings. The second-order valence-electron chi connectivity index (χ2n) is 3.88. The minimum atomic E-state index is 0.442. The van der Waals surface area contributed by atoms with Crippen LogP contribution in [0.25, 0.3) is 0 Å². The first-order chi connectivity index (χ1) is 9.26. The number of aryl methyl sites for hydroxylation is 1. The molecule has 0 amide bonds. The van der Waals surface area contributed by atoms with Gasteiger partial charge in [0.15, 0.2) is 11.6 Å². The van der Waals surface area contributed by atoms with Gasteiger partial charge in [-0.2, -0.15) is 0 Å². The van der Waals surface area contributed by atoms with Crippen molar-refractivity contribution < 1.29 is 4.74 Å². The van der Waals surface area contributed by atoms with Gasteiger partial charge < -0.3 is 20.0 Å². The van der Waals surface area contributed by atoms with E-state index in [0.29, 0.717) is 23.9 Å². The highest BCUT2D eigenvalue weighted by atomic mass is 16.5. The molecule has 2 aromatic rings. The topological polar surface area (TPSA) is 103 Å². The number of anilines is 2. The van der Waals surface area contributed by atoms with E-state index in [0.717, 1.165) is 12.2 Å². The molecular formula is C11H17N7O. The van der Waals surface area contributed by atoms with Crippen LogP contribution in [-0.4, -0.2) is 33.2 Å². The van der Waals surface area contributed by atoms with Gasteiger partial charge in [0.25, 0.3) is 0 Å². The van der Waals surface area contributed by atoms with Crippen molar-refractivity contribution in [2.45, 2.75) is 6.42 Å². The normalized spacial score (nSPS) is 10.3. The number of nitrogens with zero attached hydrogens (tertiary/aromatic N) is 4. The number of nitrogens with one attached hydrogen (secondary N) is 2. The van der Waals surface area contributed by atoms with Crippen molar-refractivity contribution in [1.82, 2.24) is 19.5 Å². The molecule has 0 aromatic carbocycles. The fourth-order valence-corrected chi connectivity index (χ4v) is 1.73. The summed E-state index contributed by atoms with van der Waals surface area (Å²) in [7, 11) is 3.51. The first-order valence-electron chi connectivity index (χ1n) is 5.82. The van der Waals surface area contributed by atoms with E-state index in [2.05, 4.69) is 25.7 Å². The Hall–Kier alpha value is -2.35. The average molecular weight is 263 g/mol. The molecule has 0 fully saturated rings. The first kappa shape index (κ1) is 13.1. The van der Waals surface area contributed by atoms with Crippen LogP contribution in [0.1, 0.15) is 5.82 Å². The zero-order valence-electron chi connectivity index (χ0n) is 10.9.